The van der Waals surface area contributed by atoms with Gasteiger partial charge in [-0.25, -0.2) is 4.79 Å². The predicted molar refractivity (Wildman–Crippen MR) is 93.4 cm³/mol. The van der Waals surface area contributed by atoms with E-state index in [1.807, 2.05) is 22.7 Å². The molecule has 2 N–H and O–H groups in total. The molecule has 2 amide bonds. The molecule has 1 aliphatic heterocycles. The van der Waals surface area contributed by atoms with Gasteiger partial charge in [-0.15, -0.1) is 0 Å². The highest BCUT2D eigenvalue weighted by molar-refractivity contribution is 5.74. The third-order valence-corrected chi connectivity index (χ3v) is 4.65. The van der Waals surface area contributed by atoms with E-state index in [4.69, 9.17) is 4.74 Å². The second-order valence-corrected chi connectivity index (χ2v) is 6.25. The molecule has 7 heteroatoms. The molecular formula is C18H24N4O3. The highest BCUT2D eigenvalue weighted by Crippen LogP contribution is 2.30. The first-order valence-corrected chi connectivity index (χ1v) is 8.48. The molecule has 0 aliphatic carbocycles. The van der Waals surface area contributed by atoms with Crippen LogP contribution < -0.4 is 10.1 Å². The number of aromatic nitrogens is 2. The van der Waals surface area contributed by atoms with E-state index >= 15 is 0 Å². The van der Waals surface area contributed by atoms with Crippen molar-refractivity contribution in [1.29, 1.82) is 0 Å². The van der Waals surface area contributed by atoms with Crippen molar-refractivity contribution >= 4 is 6.03 Å². The van der Waals surface area contributed by atoms with Crippen LogP contribution in [-0.2, 0) is 13.6 Å². The average Bonchev–Trinajstić information content (AvgIpc) is 3.06. The molecule has 1 unspecified atom stereocenters. The number of hydrogen-bond acceptors (Lipinski definition) is 4. The van der Waals surface area contributed by atoms with E-state index in [2.05, 4.69) is 10.4 Å². The summed E-state index contributed by atoms with van der Waals surface area (Å²) in [6.45, 7) is 1.12. The number of phenols is 1. The van der Waals surface area contributed by atoms with Gasteiger partial charge in [0.05, 0.1) is 18.8 Å². The number of benzene rings is 1. The van der Waals surface area contributed by atoms with Crippen LogP contribution in [0.4, 0.5) is 4.79 Å². The van der Waals surface area contributed by atoms with Crippen molar-refractivity contribution in [2.24, 2.45) is 7.05 Å². The van der Waals surface area contributed by atoms with Crippen molar-refractivity contribution in [1.82, 2.24) is 20.0 Å². The molecule has 0 spiro atoms. The molecule has 2 aromatic rings. The largest absolute Gasteiger partial charge is 0.504 e. The lowest BCUT2D eigenvalue weighted by atomic mass is 9.99. The maximum atomic E-state index is 12.7. The second-order valence-electron chi connectivity index (χ2n) is 6.25. The van der Waals surface area contributed by atoms with Crippen LogP contribution in [0.15, 0.2) is 30.5 Å². The molecule has 1 aromatic carbocycles. The van der Waals surface area contributed by atoms with Crippen LogP contribution in [0.2, 0.25) is 0 Å². The van der Waals surface area contributed by atoms with E-state index in [0.717, 1.165) is 37.1 Å². The number of methoxy groups -OCH3 is 1. The Morgan fingerprint density at radius 2 is 2.24 bits per heavy atom. The summed E-state index contributed by atoms with van der Waals surface area (Å²) in [5.41, 5.74) is 1.93. The van der Waals surface area contributed by atoms with E-state index in [9.17, 15) is 9.90 Å². The number of ether oxygens (including phenoxy) is 1. The van der Waals surface area contributed by atoms with Crippen LogP contribution in [0.5, 0.6) is 11.5 Å². The number of phenolic OH excluding ortho intramolecular Hbond substituents is 1. The van der Waals surface area contributed by atoms with Crippen molar-refractivity contribution < 1.29 is 14.6 Å². The van der Waals surface area contributed by atoms with Crippen LogP contribution in [0.3, 0.4) is 0 Å². The fourth-order valence-electron chi connectivity index (χ4n) is 3.30. The van der Waals surface area contributed by atoms with Gasteiger partial charge in [-0.1, -0.05) is 6.07 Å². The lowest BCUT2D eigenvalue weighted by molar-refractivity contribution is 0.147. The van der Waals surface area contributed by atoms with Gasteiger partial charge in [-0.05, 0) is 43.0 Å². The Balaban J connectivity index is 1.68. The monoisotopic (exact) mass is 344 g/mol. The summed E-state index contributed by atoms with van der Waals surface area (Å²) < 4.78 is 6.94. The quantitative estimate of drug-likeness (QED) is 0.893. The Morgan fingerprint density at radius 3 is 2.96 bits per heavy atom. The average molecular weight is 344 g/mol. The molecule has 1 saturated heterocycles. The van der Waals surface area contributed by atoms with Gasteiger partial charge >= 0.3 is 6.03 Å². The number of likely N-dealkylation sites (tertiary alicyclic amines) is 1. The number of aromatic hydroxyl groups is 1. The molecule has 1 fully saturated rings. The molecular weight excluding hydrogens is 320 g/mol. The van der Waals surface area contributed by atoms with Crippen LogP contribution >= 0.6 is 0 Å². The van der Waals surface area contributed by atoms with Crippen molar-refractivity contribution in [2.75, 3.05) is 13.7 Å². The number of piperidine rings is 1. The van der Waals surface area contributed by atoms with Crippen LogP contribution in [0.25, 0.3) is 0 Å². The lowest BCUT2D eigenvalue weighted by Crippen LogP contribution is -2.44. The number of nitrogens with one attached hydrogen (secondary N) is 1. The van der Waals surface area contributed by atoms with Crippen molar-refractivity contribution in [3.63, 3.8) is 0 Å². The molecule has 25 heavy (non-hydrogen) atoms. The molecule has 1 aromatic heterocycles. The molecule has 0 saturated carbocycles. The van der Waals surface area contributed by atoms with Crippen LogP contribution in [0.1, 0.15) is 36.6 Å². The molecule has 1 aliphatic rings. The number of carbonyl (C=O) groups excluding carboxylic acids is 1. The Kier molecular flexibility index (Phi) is 5.11. The number of carbonyl (C=O) groups is 1. The molecule has 3 rings (SSSR count). The highest BCUT2D eigenvalue weighted by atomic mass is 16.5. The maximum Gasteiger partial charge on any atom is 0.318 e. The number of hydrogen-bond donors (Lipinski definition) is 2. The number of aryl methyl sites for hydroxylation is 1. The molecule has 7 nitrogen and oxygen atoms in total. The summed E-state index contributed by atoms with van der Waals surface area (Å²) in [6, 6.07) is 7.01. The number of urea groups is 1. The SMILES string of the molecule is COc1cc(CNC(=O)N2CCCCC2c2ccnn2C)ccc1O. The van der Waals surface area contributed by atoms with Crippen molar-refractivity contribution in [2.45, 2.75) is 31.8 Å². The van der Waals surface area contributed by atoms with Gasteiger partial charge in [0.1, 0.15) is 0 Å². The van der Waals surface area contributed by atoms with E-state index in [1.54, 1.807) is 24.4 Å². The van der Waals surface area contributed by atoms with Gasteiger partial charge < -0.3 is 20.1 Å². The highest BCUT2D eigenvalue weighted by Gasteiger charge is 2.29. The third-order valence-electron chi connectivity index (χ3n) is 4.65. The first-order chi connectivity index (χ1) is 12.1. The molecule has 0 radical (unpaired) electrons. The fraction of sp³-hybridized carbons (Fsp3) is 0.444. The van der Waals surface area contributed by atoms with Gasteiger partial charge in [0.25, 0.3) is 0 Å². The molecule has 134 valence electrons. The van der Waals surface area contributed by atoms with Crippen LogP contribution in [-0.4, -0.2) is 39.5 Å². The standard InChI is InChI=1S/C18H24N4O3/c1-21-14(8-9-20-21)15-5-3-4-10-22(15)18(24)19-12-13-6-7-16(23)17(11-13)25-2/h6-9,11,15,23H,3-5,10,12H2,1-2H3,(H,19,24). The maximum absolute atomic E-state index is 12.7. The summed E-state index contributed by atoms with van der Waals surface area (Å²) in [4.78, 5) is 14.6. The number of amides is 2. The fourth-order valence-corrected chi connectivity index (χ4v) is 3.30. The normalized spacial score (nSPS) is 17.4. The Bertz CT molecular complexity index is 744. The van der Waals surface area contributed by atoms with Gasteiger partial charge in [0, 0.05) is 26.3 Å². The number of rotatable bonds is 4. The zero-order chi connectivity index (χ0) is 17.8. The van der Waals surface area contributed by atoms with E-state index < -0.39 is 0 Å². The van der Waals surface area contributed by atoms with Gasteiger partial charge in [-0.3, -0.25) is 4.68 Å². The van der Waals surface area contributed by atoms with Crippen molar-refractivity contribution in [3.05, 3.63) is 41.7 Å². The van der Waals surface area contributed by atoms with Gasteiger partial charge in [-0.2, -0.15) is 5.10 Å². The van der Waals surface area contributed by atoms with Crippen LogP contribution in [0, 0.1) is 0 Å². The minimum absolute atomic E-state index is 0.0515. The van der Waals surface area contributed by atoms with E-state index in [1.165, 1.54) is 7.11 Å². The topological polar surface area (TPSA) is 79.6 Å². The first-order valence-electron chi connectivity index (χ1n) is 8.48. The van der Waals surface area contributed by atoms with Gasteiger partial charge in [0.15, 0.2) is 11.5 Å². The zero-order valence-electron chi connectivity index (χ0n) is 14.6. The minimum Gasteiger partial charge on any atom is -0.504 e. The molecule has 1 atom stereocenters. The summed E-state index contributed by atoms with van der Waals surface area (Å²) in [5.74, 6) is 0.488. The van der Waals surface area contributed by atoms with E-state index in [0.29, 0.717) is 12.3 Å². The first kappa shape index (κ1) is 17.1. The third kappa shape index (κ3) is 3.70. The molecule has 2 heterocycles. The Labute approximate surface area is 147 Å². The second kappa shape index (κ2) is 7.46. The smallest absolute Gasteiger partial charge is 0.318 e. The van der Waals surface area contributed by atoms with Gasteiger partial charge in [0.2, 0.25) is 0 Å². The lowest BCUT2D eigenvalue weighted by Gasteiger charge is -2.35. The van der Waals surface area contributed by atoms with E-state index in [-0.39, 0.29) is 17.8 Å². The number of nitrogens with zero attached hydrogens (tertiary/aromatic N) is 3. The van der Waals surface area contributed by atoms with Crippen molar-refractivity contribution in [3.8, 4) is 11.5 Å². The summed E-state index contributed by atoms with van der Waals surface area (Å²) in [7, 11) is 3.41. The predicted octanol–water partition coefficient (Wildman–Crippen LogP) is 2.57. The summed E-state index contributed by atoms with van der Waals surface area (Å²) in [5, 5.41) is 16.9. The zero-order valence-corrected chi connectivity index (χ0v) is 14.6. The molecule has 0 bridgehead atoms. The Morgan fingerprint density at radius 1 is 1.40 bits per heavy atom. The minimum atomic E-state index is -0.0852. The Hall–Kier alpha value is -2.70. The summed E-state index contributed by atoms with van der Waals surface area (Å²) >= 11 is 0. The summed E-state index contributed by atoms with van der Waals surface area (Å²) in [6.07, 6.45) is 4.83.